The predicted octanol–water partition coefficient (Wildman–Crippen LogP) is 1.67. The van der Waals surface area contributed by atoms with Gasteiger partial charge in [-0.25, -0.2) is 18.2 Å². The molecule has 10 nitrogen and oxygen atoms in total. The Bertz CT molecular complexity index is 1230. The summed E-state index contributed by atoms with van der Waals surface area (Å²) in [5.41, 5.74) is 5.55. The molecule has 5 rings (SSSR count). The molecule has 0 aromatic carbocycles. The van der Waals surface area contributed by atoms with Gasteiger partial charge in [0.1, 0.15) is 12.3 Å². The van der Waals surface area contributed by atoms with E-state index in [0.717, 1.165) is 6.20 Å². The number of halogens is 3. The second-order valence-corrected chi connectivity index (χ2v) is 10.6. The third-order valence-corrected chi connectivity index (χ3v) is 8.28. The van der Waals surface area contributed by atoms with Crippen LogP contribution in [0, 0.1) is 23.6 Å². The fraction of sp³-hybridized carbons (Fsp3) is 0.600. The van der Waals surface area contributed by atoms with Gasteiger partial charge < -0.3 is 20.5 Å². The Labute approximate surface area is 217 Å². The number of aromatic amines is 1. The molecule has 0 bridgehead atoms. The first-order valence-corrected chi connectivity index (χ1v) is 12.6. The highest BCUT2D eigenvalue weighted by atomic mass is 19.3. The lowest BCUT2D eigenvalue weighted by atomic mass is 9.84. The number of hydrogen-bond donors (Lipinski definition) is 3. The molecule has 2 saturated heterocycles. The Morgan fingerprint density at radius 2 is 2.08 bits per heavy atom. The van der Waals surface area contributed by atoms with Crippen molar-refractivity contribution in [3.05, 3.63) is 29.8 Å². The van der Waals surface area contributed by atoms with Crippen LogP contribution in [0.1, 0.15) is 36.2 Å². The van der Waals surface area contributed by atoms with Gasteiger partial charge >= 0.3 is 0 Å². The number of likely N-dealkylation sites (tertiary alicyclic amines) is 2. The zero-order valence-electron chi connectivity index (χ0n) is 21.0. The zero-order chi connectivity index (χ0) is 27.2. The number of primary amides is 1. The quantitative estimate of drug-likeness (QED) is 0.467. The largest absolute Gasteiger partial charge is 0.481 e. The molecule has 0 radical (unpaired) electrons. The van der Waals surface area contributed by atoms with Crippen LogP contribution in [0.5, 0.6) is 5.88 Å². The van der Waals surface area contributed by atoms with Crippen molar-refractivity contribution in [1.29, 1.82) is 0 Å². The van der Waals surface area contributed by atoms with Gasteiger partial charge in [0.15, 0.2) is 5.82 Å². The Morgan fingerprint density at radius 3 is 2.79 bits per heavy atom. The summed E-state index contributed by atoms with van der Waals surface area (Å²) in [6, 6.07) is 2.86. The molecule has 4 heterocycles. The molecular formula is C25H31F3N6O4. The number of piperidine rings is 1. The molecule has 1 aliphatic carbocycles. The highest BCUT2D eigenvalue weighted by Crippen LogP contribution is 2.60. The number of nitrogens with two attached hydrogens (primary N) is 1. The molecular weight excluding hydrogens is 505 g/mol. The van der Waals surface area contributed by atoms with E-state index in [0.29, 0.717) is 45.3 Å². The van der Waals surface area contributed by atoms with Crippen LogP contribution in [0.4, 0.5) is 13.2 Å². The molecule has 13 heteroatoms. The van der Waals surface area contributed by atoms with Crippen LogP contribution in [-0.4, -0.2) is 93.3 Å². The molecule has 1 saturated carbocycles. The number of ether oxygens (including phenoxy) is 1. The van der Waals surface area contributed by atoms with Crippen LogP contribution in [0.25, 0.3) is 11.3 Å². The predicted molar refractivity (Wildman–Crippen MR) is 129 cm³/mol. The minimum Gasteiger partial charge on any atom is -0.481 e. The standard InChI is InChI=1S/C25H31F3N6O4/c1-38-21-6-16(18(26)10-30-21)19-7-20(32-31-19)23(37)34-5-3-14(22(29)36)8-24(34)9-17(24)15-2-4-33(11-15)12-25(27,28)13-35/h6-7,10,14-15,17,35H,2-5,8-9,11-13H2,1H3,(H2,29,36)(H,31,32)/t14?,15-,17?,24?/m1/s1. The second kappa shape index (κ2) is 9.84. The maximum absolute atomic E-state index is 14.4. The highest BCUT2D eigenvalue weighted by Gasteiger charge is 2.65. The van der Waals surface area contributed by atoms with Crippen LogP contribution in [0.2, 0.25) is 0 Å². The Balaban J connectivity index is 1.36. The molecule has 2 aliphatic heterocycles. The summed E-state index contributed by atoms with van der Waals surface area (Å²) in [5.74, 6) is -4.59. The number of rotatable bonds is 8. The van der Waals surface area contributed by atoms with Gasteiger partial charge in [-0.3, -0.25) is 19.6 Å². The first kappa shape index (κ1) is 26.4. The first-order valence-electron chi connectivity index (χ1n) is 12.6. The van der Waals surface area contributed by atoms with Gasteiger partial charge in [-0.15, -0.1) is 0 Å². The van der Waals surface area contributed by atoms with Crippen LogP contribution in [0.3, 0.4) is 0 Å². The number of aromatic nitrogens is 3. The number of methoxy groups -OCH3 is 1. The normalized spacial score (nSPS) is 27.6. The molecule has 2 amide bonds. The van der Waals surface area contributed by atoms with Crippen LogP contribution in [0.15, 0.2) is 18.3 Å². The van der Waals surface area contributed by atoms with E-state index in [2.05, 4.69) is 15.2 Å². The van der Waals surface area contributed by atoms with Crippen molar-refractivity contribution < 1.29 is 32.6 Å². The van der Waals surface area contributed by atoms with Crippen LogP contribution < -0.4 is 10.5 Å². The summed E-state index contributed by atoms with van der Waals surface area (Å²) in [6.07, 6.45) is 3.19. The van der Waals surface area contributed by atoms with Crippen LogP contribution in [-0.2, 0) is 4.79 Å². The maximum atomic E-state index is 14.4. The first-order chi connectivity index (χ1) is 18.1. The molecule has 206 valence electrons. The summed E-state index contributed by atoms with van der Waals surface area (Å²) in [6.45, 7) is -0.493. The maximum Gasteiger partial charge on any atom is 0.283 e. The number of alkyl halides is 2. The van der Waals surface area contributed by atoms with Gasteiger partial charge in [0, 0.05) is 36.2 Å². The van der Waals surface area contributed by atoms with Crippen molar-refractivity contribution in [3.8, 4) is 17.1 Å². The number of pyridine rings is 1. The summed E-state index contributed by atoms with van der Waals surface area (Å²) < 4.78 is 47.0. The average molecular weight is 537 g/mol. The molecule has 38 heavy (non-hydrogen) atoms. The Morgan fingerprint density at radius 1 is 1.29 bits per heavy atom. The number of aliphatic hydroxyl groups excluding tert-OH is 1. The molecule has 3 fully saturated rings. The number of amides is 2. The number of aliphatic hydroxyl groups is 1. The Kier molecular flexibility index (Phi) is 6.84. The van der Waals surface area contributed by atoms with Crippen molar-refractivity contribution >= 4 is 11.8 Å². The average Bonchev–Trinajstić information content (AvgIpc) is 3.23. The zero-order valence-corrected chi connectivity index (χ0v) is 21.0. The van der Waals surface area contributed by atoms with Gasteiger partial charge in [-0.2, -0.15) is 5.10 Å². The van der Waals surface area contributed by atoms with E-state index >= 15 is 0 Å². The van der Waals surface area contributed by atoms with Gasteiger partial charge in [-0.05, 0) is 50.1 Å². The number of H-pyrrole nitrogens is 1. The number of hydrogen-bond acceptors (Lipinski definition) is 7. The summed E-state index contributed by atoms with van der Waals surface area (Å²) in [5, 5.41) is 15.8. The number of carbonyl (C=O) groups excluding carboxylic acids is 2. The SMILES string of the molecule is COc1cc(-c2cc(C(=O)N3CCC(C(N)=O)CC34CC4[C@@H]3CCN(CC(F)(F)CO)C3)[nH]n2)c(F)cn1. The fourth-order valence-corrected chi connectivity index (χ4v) is 6.32. The summed E-state index contributed by atoms with van der Waals surface area (Å²) in [7, 11) is 1.41. The number of nitrogens with one attached hydrogen (secondary N) is 1. The monoisotopic (exact) mass is 536 g/mol. The minimum atomic E-state index is -3.17. The minimum absolute atomic E-state index is 0.0330. The van der Waals surface area contributed by atoms with Gasteiger partial charge in [0.25, 0.3) is 11.8 Å². The molecule has 3 aliphatic rings. The van der Waals surface area contributed by atoms with Crippen molar-refractivity contribution in [2.75, 3.05) is 39.9 Å². The number of nitrogens with zero attached hydrogens (tertiary/aromatic N) is 4. The lowest BCUT2D eigenvalue weighted by molar-refractivity contribution is -0.124. The lowest BCUT2D eigenvalue weighted by Gasteiger charge is -2.40. The van der Waals surface area contributed by atoms with E-state index in [-0.39, 0.29) is 46.5 Å². The third-order valence-electron chi connectivity index (χ3n) is 8.28. The summed E-state index contributed by atoms with van der Waals surface area (Å²) >= 11 is 0. The van der Waals surface area contributed by atoms with Crippen LogP contribution >= 0.6 is 0 Å². The second-order valence-electron chi connectivity index (χ2n) is 10.6. The molecule has 4 atom stereocenters. The highest BCUT2D eigenvalue weighted by molar-refractivity contribution is 5.94. The molecule has 1 spiro atoms. The van der Waals surface area contributed by atoms with Gasteiger partial charge in [-0.1, -0.05) is 0 Å². The lowest BCUT2D eigenvalue weighted by Crippen LogP contribution is -2.52. The van der Waals surface area contributed by atoms with Gasteiger partial charge in [0.2, 0.25) is 11.8 Å². The van der Waals surface area contributed by atoms with Crippen molar-refractivity contribution in [3.63, 3.8) is 0 Å². The Hall–Kier alpha value is -3.19. The topological polar surface area (TPSA) is 138 Å². The van der Waals surface area contributed by atoms with E-state index in [9.17, 15) is 22.8 Å². The van der Waals surface area contributed by atoms with Crippen molar-refractivity contribution in [1.82, 2.24) is 25.0 Å². The van der Waals surface area contributed by atoms with E-state index < -0.39 is 36.3 Å². The van der Waals surface area contributed by atoms with E-state index in [4.69, 9.17) is 15.6 Å². The molecule has 2 aromatic heterocycles. The van der Waals surface area contributed by atoms with Crippen molar-refractivity contribution in [2.24, 2.45) is 23.5 Å². The van der Waals surface area contributed by atoms with E-state index in [1.165, 1.54) is 19.2 Å². The molecule has 4 N–H and O–H groups in total. The fourth-order valence-electron chi connectivity index (χ4n) is 6.32. The van der Waals surface area contributed by atoms with E-state index in [1.54, 1.807) is 9.80 Å². The molecule has 3 unspecified atom stereocenters. The number of carbonyl (C=O) groups is 2. The smallest absolute Gasteiger partial charge is 0.283 e. The van der Waals surface area contributed by atoms with Crippen molar-refractivity contribution in [2.45, 2.75) is 37.1 Å². The van der Waals surface area contributed by atoms with Gasteiger partial charge in [0.05, 0.1) is 25.5 Å². The summed E-state index contributed by atoms with van der Waals surface area (Å²) in [4.78, 5) is 33.0. The third kappa shape index (κ3) is 4.84. The molecule has 2 aromatic rings. The van der Waals surface area contributed by atoms with E-state index in [1.807, 2.05) is 0 Å².